The third-order valence-electron chi connectivity index (χ3n) is 2.17. The molecule has 0 heterocycles. The van der Waals surface area contributed by atoms with Crippen molar-refractivity contribution in [3.8, 4) is 5.75 Å². The highest BCUT2D eigenvalue weighted by Crippen LogP contribution is 2.21. The largest absolute Gasteiger partial charge is 0.426 e. The molecule has 1 aromatic rings. The van der Waals surface area contributed by atoms with Gasteiger partial charge in [0.25, 0.3) is 0 Å². The van der Waals surface area contributed by atoms with Crippen molar-refractivity contribution in [3.05, 3.63) is 29.3 Å². The molecule has 0 bridgehead atoms. The van der Waals surface area contributed by atoms with E-state index >= 15 is 0 Å². The number of esters is 1. The highest BCUT2D eigenvalue weighted by atomic mass is 16.5. The van der Waals surface area contributed by atoms with Crippen molar-refractivity contribution in [1.82, 2.24) is 0 Å². The van der Waals surface area contributed by atoms with Crippen LogP contribution in [0.15, 0.2) is 18.2 Å². The Morgan fingerprint density at radius 3 is 2.50 bits per heavy atom. The topological polar surface area (TPSA) is 26.3 Å². The zero-order valence-corrected chi connectivity index (χ0v) is 8.96. The molecular weight excluding hydrogens is 176 g/mol. The van der Waals surface area contributed by atoms with E-state index in [0.29, 0.717) is 5.75 Å². The quantitative estimate of drug-likeness (QED) is 0.543. The predicted molar refractivity (Wildman–Crippen MR) is 56.5 cm³/mol. The average Bonchev–Trinajstić information content (AvgIpc) is 2.17. The molecular formula is C12H16O2. The van der Waals surface area contributed by atoms with E-state index in [2.05, 4.69) is 19.9 Å². The molecule has 0 atom stereocenters. The van der Waals surface area contributed by atoms with Crippen molar-refractivity contribution in [2.24, 2.45) is 0 Å². The van der Waals surface area contributed by atoms with E-state index in [9.17, 15) is 4.79 Å². The van der Waals surface area contributed by atoms with Crippen LogP contribution in [0.4, 0.5) is 0 Å². The van der Waals surface area contributed by atoms with Crippen LogP contribution < -0.4 is 4.74 Å². The average molecular weight is 192 g/mol. The zero-order valence-electron chi connectivity index (χ0n) is 8.96. The molecule has 14 heavy (non-hydrogen) atoms. The lowest BCUT2D eigenvalue weighted by Gasteiger charge is -2.08. The van der Waals surface area contributed by atoms with Gasteiger partial charge in [-0.2, -0.15) is 0 Å². The smallest absolute Gasteiger partial charge is 0.308 e. The van der Waals surface area contributed by atoms with Gasteiger partial charge in [-0.15, -0.1) is 0 Å². The maximum Gasteiger partial charge on any atom is 0.308 e. The van der Waals surface area contributed by atoms with Gasteiger partial charge < -0.3 is 4.74 Å². The van der Waals surface area contributed by atoms with E-state index in [1.54, 1.807) is 0 Å². The number of rotatable bonds is 3. The van der Waals surface area contributed by atoms with Gasteiger partial charge in [0, 0.05) is 6.92 Å². The van der Waals surface area contributed by atoms with Gasteiger partial charge in [-0.05, 0) is 30.0 Å². The molecule has 0 N–H and O–H groups in total. The van der Waals surface area contributed by atoms with E-state index in [-0.39, 0.29) is 5.97 Å². The maximum absolute atomic E-state index is 10.8. The van der Waals surface area contributed by atoms with Crippen LogP contribution in [-0.2, 0) is 17.6 Å². The second-order valence-corrected chi connectivity index (χ2v) is 3.24. The fourth-order valence-electron chi connectivity index (χ4n) is 1.38. The first-order chi connectivity index (χ1) is 6.67. The van der Waals surface area contributed by atoms with Crippen molar-refractivity contribution in [1.29, 1.82) is 0 Å². The van der Waals surface area contributed by atoms with E-state index < -0.39 is 0 Å². The van der Waals surface area contributed by atoms with Crippen LogP contribution in [0.1, 0.15) is 31.9 Å². The van der Waals surface area contributed by atoms with E-state index in [1.807, 2.05) is 12.1 Å². The Hall–Kier alpha value is -1.31. The molecule has 0 aliphatic carbocycles. The molecule has 0 aromatic heterocycles. The first-order valence-electron chi connectivity index (χ1n) is 4.97. The molecule has 0 saturated heterocycles. The van der Waals surface area contributed by atoms with Crippen molar-refractivity contribution in [2.75, 3.05) is 0 Å². The molecule has 1 rings (SSSR count). The van der Waals surface area contributed by atoms with Crippen molar-refractivity contribution in [3.63, 3.8) is 0 Å². The maximum atomic E-state index is 10.8. The Morgan fingerprint density at radius 2 is 2.00 bits per heavy atom. The van der Waals surface area contributed by atoms with E-state index in [4.69, 9.17) is 4.74 Å². The predicted octanol–water partition coefficient (Wildman–Crippen LogP) is 2.74. The molecule has 0 radical (unpaired) electrons. The van der Waals surface area contributed by atoms with Crippen molar-refractivity contribution in [2.45, 2.75) is 33.6 Å². The molecule has 0 aliphatic rings. The molecule has 2 heteroatoms. The van der Waals surface area contributed by atoms with Crippen LogP contribution in [-0.4, -0.2) is 5.97 Å². The van der Waals surface area contributed by atoms with Crippen LogP contribution in [0.25, 0.3) is 0 Å². The minimum Gasteiger partial charge on any atom is -0.426 e. The van der Waals surface area contributed by atoms with Gasteiger partial charge in [0.15, 0.2) is 0 Å². The summed E-state index contributed by atoms with van der Waals surface area (Å²) in [5, 5.41) is 0. The summed E-state index contributed by atoms with van der Waals surface area (Å²) in [6.45, 7) is 5.59. The van der Waals surface area contributed by atoms with Gasteiger partial charge in [-0.25, -0.2) is 0 Å². The summed E-state index contributed by atoms with van der Waals surface area (Å²) >= 11 is 0. The van der Waals surface area contributed by atoms with Gasteiger partial charge >= 0.3 is 5.97 Å². The fraction of sp³-hybridized carbons (Fsp3) is 0.417. The second kappa shape index (κ2) is 4.80. The Balaban J connectivity index is 2.98. The van der Waals surface area contributed by atoms with Crippen LogP contribution in [0.2, 0.25) is 0 Å². The van der Waals surface area contributed by atoms with Crippen LogP contribution in [0.5, 0.6) is 5.75 Å². The number of carbonyl (C=O) groups excluding carboxylic acids is 1. The first-order valence-corrected chi connectivity index (χ1v) is 4.97. The molecule has 2 nitrogen and oxygen atoms in total. The lowest BCUT2D eigenvalue weighted by Crippen LogP contribution is -2.04. The molecule has 0 aliphatic heterocycles. The summed E-state index contributed by atoms with van der Waals surface area (Å²) in [6.07, 6.45) is 1.89. The Bertz CT molecular complexity index is 329. The molecule has 0 amide bonds. The minimum atomic E-state index is -0.260. The van der Waals surface area contributed by atoms with E-state index in [0.717, 1.165) is 18.4 Å². The number of aryl methyl sites for hydroxylation is 2. The zero-order chi connectivity index (χ0) is 10.6. The van der Waals surface area contributed by atoms with Gasteiger partial charge in [-0.3, -0.25) is 4.79 Å². The molecule has 1 aromatic carbocycles. The molecule has 0 fully saturated rings. The summed E-state index contributed by atoms with van der Waals surface area (Å²) < 4.78 is 5.10. The Labute approximate surface area is 84.9 Å². The van der Waals surface area contributed by atoms with Gasteiger partial charge in [0.1, 0.15) is 5.75 Å². The number of ether oxygens (including phenoxy) is 1. The SMILES string of the molecule is CCc1ccc(OC(C)=O)c(CC)c1. The van der Waals surface area contributed by atoms with Gasteiger partial charge in [-0.1, -0.05) is 26.0 Å². The summed E-state index contributed by atoms with van der Waals surface area (Å²) in [4.78, 5) is 10.8. The lowest BCUT2D eigenvalue weighted by atomic mass is 10.1. The third kappa shape index (κ3) is 2.59. The monoisotopic (exact) mass is 192 g/mol. The van der Waals surface area contributed by atoms with Gasteiger partial charge in [0.2, 0.25) is 0 Å². The lowest BCUT2D eigenvalue weighted by molar-refractivity contribution is -0.131. The number of hydrogen-bond donors (Lipinski definition) is 0. The summed E-state index contributed by atoms with van der Waals surface area (Å²) in [5.41, 5.74) is 2.37. The molecule has 76 valence electrons. The third-order valence-corrected chi connectivity index (χ3v) is 2.17. The van der Waals surface area contributed by atoms with Crippen LogP contribution in [0, 0.1) is 0 Å². The number of carbonyl (C=O) groups is 1. The van der Waals surface area contributed by atoms with Crippen LogP contribution in [0.3, 0.4) is 0 Å². The van der Waals surface area contributed by atoms with Crippen molar-refractivity contribution >= 4 is 5.97 Å². The van der Waals surface area contributed by atoms with E-state index in [1.165, 1.54) is 12.5 Å². The number of benzene rings is 1. The molecule has 0 unspecified atom stereocenters. The number of hydrogen-bond acceptors (Lipinski definition) is 2. The Morgan fingerprint density at radius 1 is 1.29 bits per heavy atom. The minimum absolute atomic E-state index is 0.260. The summed E-state index contributed by atoms with van der Waals surface area (Å²) in [5.74, 6) is 0.432. The summed E-state index contributed by atoms with van der Waals surface area (Å²) in [7, 11) is 0. The van der Waals surface area contributed by atoms with Crippen molar-refractivity contribution < 1.29 is 9.53 Å². The highest BCUT2D eigenvalue weighted by molar-refractivity contribution is 5.69. The normalized spacial score (nSPS) is 9.93. The standard InChI is InChI=1S/C12H16O2/c1-4-10-6-7-12(14-9(3)13)11(5-2)8-10/h6-8H,4-5H2,1-3H3. The second-order valence-electron chi connectivity index (χ2n) is 3.24. The molecule has 0 spiro atoms. The molecule has 0 saturated carbocycles. The highest BCUT2D eigenvalue weighted by Gasteiger charge is 2.04. The summed E-state index contributed by atoms with van der Waals surface area (Å²) in [6, 6.07) is 5.97. The van der Waals surface area contributed by atoms with Crippen LogP contribution >= 0.6 is 0 Å². The fourth-order valence-corrected chi connectivity index (χ4v) is 1.38. The van der Waals surface area contributed by atoms with Gasteiger partial charge in [0.05, 0.1) is 0 Å². The Kier molecular flexibility index (Phi) is 3.69. The first kappa shape index (κ1) is 10.8.